The molecule has 16 heteroatoms. The fourth-order valence-corrected chi connectivity index (χ4v) is 3.22. The van der Waals surface area contributed by atoms with E-state index in [1.54, 1.807) is 13.0 Å². The molecule has 0 saturated carbocycles. The Morgan fingerprint density at radius 3 is 2.62 bits per heavy atom. The summed E-state index contributed by atoms with van der Waals surface area (Å²) in [5, 5.41) is 5.18. The number of hydrogen-bond acceptors (Lipinski definition) is 10. The number of carbonyl (C=O) groups is 1. The topological polar surface area (TPSA) is 130 Å². The number of benzene rings is 2. The molecule has 2 heterocycles. The van der Waals surface area contributed by atoms with Crippen LogP contribution in [0, 0.1) is 18.6 Å². The number of aryl methyl sites for hydroxylation is 1. The van der Waals surface area contributed by atoms with Crippen LogP contribution in [-0.2, 0) is 9.53 Å². The van der Waals surface area contributed by atoms with Crippen LogP contribution >= 0.6 is 0 Å². The molecule has 2 aromatic heterocycles. The molecule has 0 unspecified atom stereocenters. The van der Waals surface area contributed by atoms with Gasteiger partial charge in [-0.25, -0.2) is 23.4 Å². The molecule has 0 aliphatic rings. The van der Waals surface area contributed by atoms with Gasteiger partial charge in [0.05, 0.1) is 18.5 Å². The van der Waals surface area contributed by atoms with Gasteiger partial charge in [-0.15, -0.1) is 0 Å². The van der Waals surface area contributed by atoms with Gasteiger partial charge in [0.15, 0.2) is 28.8 Å². The first-order valence-corrected chi connectivity index (χ1v) is 10.9. The molecule has 4 rings (SSSR count). The van der Waals surface area contributed by atoms with E-state index in [1.807, 2.05) is 0 Å². The van der Waals surface area contributed by atoms with Crippen molar-refractivity contribution in [2.75, 3.05) is 31.0 Å². The molecule has 0 spiro atoms. The zero-order valence-corrected chi connectivity index (χ0v) is 20.1. The molecule has 0 amide bonds. The molecular formula is C23H18F5N5O6. The highest BCUT2D eigenvalue weighted by molar-refractivity contribution is 5.81. The Hall–Kier alpha value is -4.73. The fraction of sp³-hybridized carbons (Fsp3) is 0.217. The van der Waals surface area contributed by atoms with Gasteiger partial charge in [-0.1, -0.05) is 10.8 Å². The number of rotatable bonds is 9. The van der Waals surface area contributed by atoms with Gasteiger partial charge in [0.25, 0.3) is 0 Å². The first kappa shape index (κ1) is 27.3. The Labute approximate surface area is 215 Å². The Kier molecular flexibility index (Phi) is 7.66. The maximum absolute atomic E-state index is 15.0. The van der Waals surface area contributed by atoms with Crippen molar-refractivity contribution in [3.8, 4) is 5.75 Å². The number of nitrogens with one attached hydrogen (secondary N) is 2. The predicted octanol–water partition coefficient (Wildman–Crippen LogP) is 4.00. The van der Waals surface area contributed by atoms with E-state index in [2.05, 4.69) is 25.4 Å². The van der Waals surface area contributed by atoms with E-state index >= 15 is 4.39 Å². The number of fused-ring (bicyclic) bond motifs is 1. The van der Waals surface area contributed by atoms with Crippen LogP contribution in [0.5, 0.6) is 5.75 Å². The third kappa shape index (κ3) is 6.06. The number of anilines is 4. The maximum atomic E-state index is 15.0. The van der Waals surface area contributed by atoms with Gasteiger partial charge in [-0.3, -0.25) is 0 Å². The monoisotopic (exact) mass is 555 g/mol. The van der Waals surface area contributed by atoms with Gasteiger partial charge in [0.1, 0.15) is 12.1 Å². The number of aromatic nitrogens is 3. The lowest BCUT2D eigenvalue weighted by Gasteiger charge is -2.14. The molecule has 0 aliphatic heterocycles. The summed E-state index contributed by atoms with van der Waals surface area (Å²) in [4.78, 5) is 34.9. The summed E-state index contributed by atoms with van der Waals surface area (Å²) >= 11 is 0. The molecule has 0 saturated heterocycles. The highest BCUT2D eigenvalue weighted by Gasteiger charge is 2.42. The number of halogens is 5. The molecule has 2 aromatic carbocycles. The highest BCUT2D eigenvalue weighted by Crippen LogP contribution is 2.31. The van der Waals surface area contributed by atoms with E-state index in [0.717, 1.165) is 12.3 Å². The first-order chi connectivity index (χ1) is 18.5. The van der Waals surface area contributed by atoms with Crippen LogP contribution in [0.1, 0.15) is 5.56 Å². The summed E-state index contributed by atoms with van der Waals surface area (Å²) in [6, 6.07) is 6.51. The molecule has 11 nitrogen and oxygen atoms in total. The number of nitrogens with zero attached hydrogens (tertiary/aromatic N) is 3. The molecule has 2 N–H and O–H groups in total. The lowest BCUT2D eigenvalue weighted by molar-refractivity contribution is -0.200. The SMILES string of the molecule is COCCOc1c(C)ccc(Nc2ncc(F)c(Nc3ccc4oc(=O)n(OC(=O)C(F)(F)F)c4c3)n2)c1F. The van der Waals surface area contributed by atoms with E-state index in [0.29, 0.717) is 5.56 Å². The third-order valence-electron chi connectivity index (χ3n) is 5.03. The summed E-state index contributed by atoms with van der Waals surface area (Å²) in [5.74, 6) is -6.40. The van der Waals surface area contributed by atoms with Crippen molar-refractivity contribution in [1.82, 2.24) is 14.7 Å². The maximum Gasteiger partial charge on any atom is 0.493 e. The summed E-state index contributed by atoms with van der Waals surface area (Å²) in [7, 11) is 1.47. The molecule has 4 aromatic rings. The van der Waals surface area contributed by atoms with Gasteiger partial charge in [0, 0.05) is 12.8 Å². The van der Waals surface area contributed by atoms with Crippen LogP contribution in [-0.4, -0.2) is 47.2 Å². The number of methoxy groups -OCH3 is 1. The summed E-state index contributed by atoms with van der Waals surface area (Å²) in [6.07, 6.45) is -4.59. The van der Waals surface area contributed by atoms with E-state index in [4.69, 9.17) is 13.9 Å². The minimum Gasteiger partial charge on any atom is -0.488 e. The van der Waals surface area contributed by atoms with Crippen molar-refractivity contribution >= 4 is 40.2 Å². The molecule has 206 valence electrons. The van der Waals surface area contributed by atoms with Crippen LogP contribution in [0.2, 0.25) is 0 Å². The minimum absolute atomic E-state index is 0.00607. The lowest BCUT2D eigenvalue weighted by Crippen LogP contribution is -2.36. The van der Waals surface area contributed by atoms with E-state index < -0.39 is 35.4 Å². The number of hydrogen-bond donors (Lipinski definition) is 2. The molecule has 0 aliphatic carbocycles. The number of ether oxygens (including phenoxy) is 2. The molecular weight excluding hydrogens is 537 g/mol. The van der Waals surface area contributed by atoms with Crippen molar-refractivity contribution < 1.29 is 45.5 Å². The van der Waals surface area contributed by atoms with Crippen LogP contribution in [0.3, 0.4) is 0 Å². The zero-order valence-electron chi connectivity index (χ0n) is 20.1. The van der Waals surface area contributed by atoms with Gasteiger partial charge in [-0.2, -0.15) is 18.2 Å². The summed E-state index contributed by atoms with van der Waals surface area (Å²) < 4.78 is 82.3. The second-order valence-electron chi connectivity index (χ2n) is 7.78. The Morgan fingerprint density at radius 2 is 1.90 bits per heavy atom. The van der Waals surface area contributed by atoms with E-state index in [9.17, 15) is 27.2 Å². The van der Waals surface area contributed by atoms with Crippen LogP contribution in [0.15, 0.2) is 45.7 Å². The average molecular weight is 555 g/mol. The smallest absolute Gasteiger partial charge is 0.488 e. The quantitative estimate of drug-likeness (QED) is 0.231. The van der Waals surface area contributed by atoms with Crippen LogP contribution < -0.4 is 26.0 Å². The van der Waals surface area contributed by atoms with Crippen molar-refractivity contribution in [3.63, 3.8) is 0 Å². The van der Waals surface area contributed by atoms with Crippen LogP contribution in [0.4, 0.5) is 45.1 Å². The van der Waals surface area contributed by atoms with Gasteiger partial charge < -0.3 is 29.4 Å². The molecule has 0 radical (unpaired) electrons. The normalized spacial score (nSPS) is 11.5. The average Bonchev–Trinajstić information content (AvgIpc) is 3.18. The van der Waals surface area contributed by atoms with Gasteiger partial charge >= 0.3 is 17.9 Å². The summed E-state index contributed by atoms with van der Waals surface area (Å²) in [6.45, 7) is 1.98. The first-order valence-electron chi connectivity index (χ1n) is 10.9. The van der Waals surface area contributed by atoms with Crippen molar-refractivity contribution in [1.29, 1.82) is 0 Å². The number of oxazole rings is 1. The van der Waals surface area contributed by atoms with Crippen LogP contribution in [0.25, 0.3) is 11.1 Å². The molecule has 0 bridgehead atoms. The van der Waals surface area contributed by atoms with Crippen molar-refractivity contribution in [3.05, 3.63) is 64.3 Å². The Morgan fingerprint density at radius 1 is 1.13 bits per heavy atom. The van der Waals surface area contributed by atoms with Gasteiger partial charge in [0.2, 0.25) is 5.95 Å². The minimum atomic E-state index is -5.37. The Balaban J connectivity index is 1.59. The molecule has 0 fully saturated rings. The van der Waals surface area contributed by atoms with Gasteiger partial charge in [-0.05, 0) is 36.8 Å². The predicted molar refractivity (Wildman–Crippen MR) is 125 cm³/mol. The Bertz CT molecular complexity index is 1590. The van der Waals surface area contributed by atoms with E-state index in [1.165, 1.54) is 25.3 Å². The number of alkyl halides is 3. The van der Waals surface area contributed by atoms with E-state index in [-0.39, 0.29) is 52.1 Å². The third-order valence-corrected chi connectivity index (χ3v) is 5.03. The van der Waals surface area contributed by atoms with Crippen molar-refractivity contribution in [2.45, 2.75) is 13.1 Å². The fourth-order valence-electron chi connectivity index (χ4n) is 3.22. The summed E-state index contributed by atoms with van der Waals surface area (Å²) in [5.41, 5.74) is -0.118. The second kappa shape index (κ2) is 10.9. The lowest BCUT2D eigenvalue weighted by atomic mass is 10.2. The highest BCUT2D eigenvalue weighted by atomic mass is 19.4. The van der Waals surface area contributed by atoms with Crippen molar-refractivity contribution in [2.24, 2.45) is 0 Å². The molecule has 39 heavy (non-hydrogen) atoms. The largest absolute Gasteiger partial charge is 0.493 e. The standard InChI is InChI=1S/C23H18F5N5O6/c1-11-3-5-14(17(25)18(11)37-8-7-36-2)31-21-29-10-13(24)19(32-21)30-12-4-6-16-15(9-12)33(22(35)38-16)39-20(34)23(26,27)28/h3-6,9-10H,7-8H2,1-2H3,(H2,29,30,31,32). The molecule has 0 atom stereocenters. The zero-order chi connectivity index (χ0) is 28.3. The number of carbonyl (C=O) groups excluding carboxylic acids is 1. The second-order valence-corrected chi connectivity index (χ2v) is 7.78.